The molecule has 1 saturated heterocycles. The van der Waals surface area contributed by atoms with Crippen LogP contribution in [0.3, 0.4) is 0 Å². The van der Waals surface area contributed by atoms with E-state index >= 15 is 0 Å². The molecule has 0 saturated carbocycles. The third-order valence-corrected chi connectivity index (χ3v) is 5.16. The van der Waals surface area contributed by atoms with Gasteiger partial charge in [0.25, 0.3) is 0 Å². The summed E-state index contributed by atoms with van der Waals surface area (Å²) in [7, 11) is -2.24. The number of nitrogens with zero attached hydrogens (tertiary/aromatic N) is 1. The number of β-amino-alcohol motifs (C(OH)–C–C–N with tert-alkyl or cyclic N) is 1. The zero-order chi connectivity index (χ0) is 15.6. The van der Waals surface area contributed by atoms with Gasteiger partial charge >= 0.3 is 0 Å². The van der Waals surface area contributed by atoms with Crippen LogP contribution in [-0.4, -0.2) is 56.1 Å². The molecule has 0 unspecified atom stereocenters. The monoisotopic (exact) mass is 314 g/mol. The maximum atomic E-state index is 12.4. The molecule has 1 aliphatic heterocycles. The van der Waals surface area contributed by atoms with Gasteiger partial charge in [-0.2, -0.15) is 4.31 Å². The topological polar surface area (TPSA) is 95.9 Å². The van der Waals surface area contributed by atoms with Gasteiger partial charge in [-0.05, 0) is 24.3 Å². The Morgan fingerprint density at radius 1 is 1.33 bits per heavy atom. The van der Waals surface area contributed by atoms with Crippen LogP contribution in [0.1, 0.15) is 6.92 Å². The van der Waals surface area contributed by atoms with E-state index in [1.807, 2.05) is 0 Å². The van der Waals surface area contributed by atoms with Crippen LogP contribution in [0.25, 0.3) is 0 Å². The highest BCUT2D eigenvalue weighted by Crippen LogP contribution is 2.23. The fourth-order valence-corrected chi connectivity index (χ4v) is 3.68. The normalized spacial score (nSPS) is 23.2. The maximum absolute atomic E-state index is 12.4. The second-order valence-electron chi connectivity index (χ2n) is 4.87. The highest BCUT2D eigenvalue weighted by Gasteiger charge is 2.38. The summed E-state index contributed by atoms with van der Waals surface area (Å²) in [5, 5.41) is 12.3. The van der Waals surface area contributed by atoms with E-state index < -0.39 is 22.2 Å². The number of sulfonamides is 1. The van der Waals surface area contributed by atoms with E-state index in [1.54, 1.807) is 0 Å². The van der Waals surface area contributed by atoms with E-state index in [4.69, 9.17) is 4.74 Å². The van der Waals surface area contributed by atoms with Crippen molar-refractivity contribution in [2.75, 3.05) is 25.5 Å². The Balaban J connectivity index is 2.18. The molecule has 1 aromatic carbocycles. The van der Waals surface area contributed by atoms with Crippen molar-refractivity contribution in [1.82, 2.24) is 4.31 Å². The van der Waals surface area contributed by atoms with Crippen molar-refractivity contribution in [1.29, 1.82) is 0 Å². The third kappa shape index (κ3) is 3.41. The summed E-state index contributed by atoms with van der Waals surface area (Å²) in [6.07, 6.45) is -1.35. The van der Waals surface area contributed by atoms with Crippen molar-refractivity contribution in [3.05, 3.63) is 24.3 Å². The number of nitrogens with one attached hydrogen (secondary N) is 1. The quantitative estimate of drug-likeness (QED) is 0.817. The molecule has 8 heteroatoms. The Bertz CT molecular complexity index is 614. The average molecular weight is 314 g/mol. The smallest absolute Gasteiger partial charge is 0.243 e. The summed E-state index contributed by atoms with van der Waals surface area (Å²) in [5.74, 6) is -0.226. The van der Waals surface area contributed by atoms with Gasteiger partial charge in [-0.25, -0.2) is 8.42 Å². The lowest BCUT2D eigenvalue weighted by Gasteiger charge is -2.16. The number of carbonyl (C=O) groups excluding carboxylic acids is 1. The summed E-state index contributed by atoms with van der Waals surface area (Å²) in [6, 6.07) is 5.89. The van der Waals surface area contributed by atoms with Crippen molar-refractivity contribution in [2.24, 2.45) is 0 Å². The highest BCUT2D eigenvalue weighted by atomic mass is 32.2. The van der Waals surface area contributed by atoms with Crippen LogP contribution >= 0.6 is 0 Å². The van der Waals surface area contributed by atoms with E-state index in [0.717, 1.165) is 0 Å². The number of hydrogen-bond acceptors (Lipinski definition) is 5. The average Bonchev–Trinajstić information content (AvgIpc) is 2.80. The first-order valence-electron chi connectivity index (χ1n) is 6.43. The highest BCUT2D eigenvalue weighted by molar-refractivity contribution is 7.89. The van der Waals surface area contributed by atoms with Gasteiger partial charge in [-0.3, -0.25) is 4.79 Å². The number of benzene rings is 1. The minimum absolute atomic E-state index is 0.00822. The predicted octanol–water partition coefficient (Wildman–Crippen LogP) is 0.0252. The Morgan fingerprint density at radius 2 is 1.95 bits per heavy atom. The lowest BCUT2D eigenvalue weighted by molar-refractivity contribution is -0.114. The molecule has 0 radical (unpaired) electrons. The zero-order valence-corrected chi connectivity index (χ0v) is 12.6. The van der Waals surface area contributed by atoms with Gasteiger partial charge in [-0.15, -0.1) is 0 Å². The minimum Gasteiger partial charge on any atom is -0.389 e. The van der Waals surface area contributed by atoms with Gasteiger partial charge in [0.2, 0.25) is 15.9 Å². The lowest BCUT2D eigenvalue weighted by atomic mass is 10.3. The molecule has 2 N–H and O–H groups in total. The van der Waals surface area contributed by atoms with E-state index in [2.05, 4.69) is 5.32 Å². The second kappa shape index (κ2) is 6.10. The molecule has 1 amide bonds. The molecule has 7 nitrogen and oxygen atoms in total. The zero-order valence-electron chi connectivity index (χ0n) is 11.8. The molecule has 1 aliphatic rings. The van der Waals surface area contributed by atoms with Gasteiger partial charge in [0.15, 0.2) is 0 Å². The largest absolute Gasteiger partial charge is 0.389 e. The second-order valence-corrected chi connectivity index (χ2v) is 6.81. The standard InChI is InChI=1S/C13H18N2O5S/c1-9(16)14-10-3-5-11(6-4-10)21(18,19)15-7-12(17)13(8-15)20-2/h3-6,12-13,17H,7-8H2,1-2H3,(H,14,16)/t12-,13-/m0/s1. The molecule has 21 heavy (non-hydrogen) atoms. The molecular formula is C13H18N2O5S. The summed E-state index contributed by atoms with van der Waals surface area (Å²) in [6.45, 7) is 1.50. The van der Waals surface area contributed by atoms with Crippen LogP contribution in [0.2, 0.25) is 0 Å². The third-order valence-electron chi connectivity index (χ3n) is 3.32. The molecular weight excluding hydrogens is 296 g/mol. The first-order valence-corrected chi connectivity index (χ1v) is 7.87. The molecule has 0 aromatic heterocycles. The number of ether oxygens (including phenoxy) is 1. The molecule has 0 bridgehead atoms. The number of rotatable bonds is 4. The maximum Gasteiger partial charge on any atom is 0.243 e. The van der Waals surface area contributed by atoms with E-state index in [9.17, 15) is 18.3 Å². The van der Waals surface area contributed by atoms with Crippen LogP contribution in [0.15, 0.2) is 29.2 Å². The fraction of sp³-hybridized carbons (Fsp3) is 0.462. The SMILES string of the molecule is CO[C@H]1CN(S(=O)(=O)c2ccc(NC(C)=O)cc2)C[C@@H]1O. The molecule has 0 aliphatic carbocycles. The van der Waals surface area contributed by atoms with Crippen LogP contribution in [0.5, 0.6) is 0 Å². The van der Waals surface area contributed by atoms with Crippen LogP contribution in [0.4, 0.5) is 5.69 Å². The van der Waals surface area contributed by atoms with E-state index in [1.165, 1.54) is 42.6 Å². The Hall–Kier alpha value is -1.48. The molecule has 2 atom stereocenters. The van der Waals surface area contributed by atoms with Crippen molar-refractivity contribution in [2.45, 2.75) is 24.0 Å². The Labute approximate surface area is 123 Å². The molecule has 0 spiro atoms. The summed E-state index contributed by atoms with van der Waals surface area (Å²) >= 11 is 0. The summed E-state index contributed by atoms with van der Waals surface area (Å²) < 4.78 is 31.1. The Kier molecular flexibility index (Phi) is 4.62. The number of aliphatic hydroxyl groups excluding tert-OH is 1. The number of anilines is 1. The van der Waals surface area contributed by atoms with Gasteiger partial charge in [0, 0.05) is 32.8 Å². The molecule has 1 heterocycles. The van der Waals surface area contributed by atoms with Crippen molar-refractivity contribution < 1.29 is 23.1 Å². The van der Waals surface area contributed by atoms with E-state index in [-0.39, 0.29) is 23.9 Å². The molecule has 2 rings (SSSR count). The van der Waals surface area contributed by atoms with Crippen molar-refractivity contribution >= 4 is 21.6 Å². The lowest BCUT2D eigenvalue weighted by Crippen LogP contribution is -2.30. The van der Waals surface area contributed by atoms with Crippen molar-refractivity contribution in [3.8, 4) is 0 Å². The van der Waals surface area contributed by atoms with Gasteiger partial charge in [0.1, 0.15) is 0 Å². The summed E-state index contributed by atoms with van der Waals surface area (Å²) in [5.41, 5.74) is 0.526. The van der Waals surface area contributed by atoms with Gasteiger partial charge < -0.3 is 15.2 Å². The number of methoxy groups -OCH3 is 1. The molecule has 1 fully saturated rings. The molecule has 116 valence electrons. The predicted molar refractivity (Wildman–Crippen MR) is 76.3 cm³/mol. The minimum atomic E-state index is -3.68. The van der Waals surface area contributed by atoms with E-state index in [0.29, 0.717) is 5.69 Å². The number of aliphatic hydroxyl groups is 1. The first kappa shape index (κ1) is 15.9. The van der Waals surface area contributed by atoms with Crippen LogP contribution in [0, 0.1) is 0 Å². The van der Waals surface area contributed by atoms with Gasteiger partial charge in [-0.1, -0.05) is 0 Å². The number of carbonyl (C=O) groups is 1. The number of amides is 1. The summed E-state index contributed by atoms with van der Waals surface area (Å²) in [4.78, 5) is 11.0. The van der Waals surface area contributed by atoms with Crippen molar-refractivity contribution in [3.63, 3.8) is 0 Å². The number of hydrogen-bond donors (Lipinski definition) is 2. The first-order chi connectivity index (χ1) is 9.84. The van der Waals surface area contributed by atoms with Crippen LogP contribution in [-0.2, 0) is 19.6 Å². The molecule has 1 aromatic rings. The van der Waals surface area contributed by atoms with Gasteiger partial charge in [0.05, 0.1) is 17.1 Å². The fourth-order valence-electron chi connectivity index (χ4n) is 2.21. The Morgan fingerprint density at radius 3 is 2.43 bits per heavy atom. The van der Waals surface area contributed by atoms with Crippen LogP contribution < -0.4 is 5.32 Å².